The van der Waals surface area contributed by atoms with Gasteiger partial charge in [0.25, 0.3) is 21.6 Å². The number of halogens is 2. The third-order valence-corrected chi connectivity index (χ3v) is 14.2. The summed E-state index contributed by atoms with van der Waals surface area (Å²) in [7, 11) is -4.67. The summed E-state index contributed by atoms with van der Waals surface area (Å²) < 4.78 is 55.7. The van der Waals surface area contributed by atoms with Gasteiger partial charge in [-0.2, -0.15) is 0 Å². The number of nitrogens with zero attached hydrogens (tertiary/aromatic N) is 4. The number of pyridine rings is 1. The van der Waals surface area contributed by atoms with Gasteiger partial charge in [-0.15, -0.1) is 0 Å². The van der Waals surface area contributed by atoms with Crippen molar-refractivity contribution in [1.82, 2.24) is 19.6 Å². The van der Waals surface area contributed by atoms with Crippen LogP contribution in [-0.2, 0) is 22.9 Å². The van der Waals surface area contributed by atoms with Gasteiger partial charge in [0, 0.05) is 79.1 Å². The number of carbonyl (C=O) groups is 1. The number of benzene rings is 4. The number of H-pyrrole nitrogens is 1. The minimum absolute atomic E-state index is 0.0462. The summed E-state index contributed by atoms with van der Waals surface area (Å²) in [5, 5.41) is 13.8. The molecule has 13 nitrogen and oxygen atoms in total. The number of ether oxygens (including phenoxy) is 2. The summed E-state index contributed by atoms with van der Waals surface area (Å²) in [6.45, 7) is 8.70. The number of hydrogen-bond donors (Lipinski definition) is 2. The van der Waals surface area contributed by atoms with Gasteiger partial charge in [0.1, 0.15) is 28.7 Å². The molecule has 1 saturated heterocycles. The number of carbonyl (C=O) groups excluding carboxylic acids is 1. The standard InChI is InChI=1S/C49H48ClFN6O7S/c1-49(2)15-13-35(43(27-49)33-5-7-36(50)8-6-33)29-55-17-19-56(20-18-55)38-11-12-41(46(24-38)64-39-23-34-14-16-52-47(34)53-28-39)48(58)54-65(61,62)40-25-44(57(59)60)42-22-32(30-63-45(42)26-40)21-31-3-9-37(51)10-4-31/h3-12,14,16,23-26,28,32H,13,15,17-22,27,29-30H2,1-2H3,(H,52,53)(H,54,58)/t32-/m1/s1. The molecule has 16 heteroatoms. The molecule has 4 heterocycles. The second-order valence-corrected chi connectivity index (χ2v) is 20.0. The Bertz CT molecular complexity index is 2930. The molecular weight excluding hydrogens is 871 g/mol. The summed E-state index contributed by atoms with van der Waals surface area (Å²) in [6, 6.07) is 24.9. The van der Waals surface area contributed by atoms with Gasteiger partial charge in [-0.1, -0.05) is 55.3 Å². The van der Waals surface area contributed by atoms with Gasteiger partial charge in [-0.05, 0) is 103 Å². The molecule has 2 aromatic heterocycles. The molecule has 0 unspecified atom stereocenters. The number of fused-ring (bicyclic) bond motifs is 2. The number of hydrogen-bond acceptors (Lipinski definition) is 10. The van der Waals surface area contributed by atoms with Crippen LogP contribution in [0.1, 0.15) is 60.2 Å². The average Bonchev–Trinajstić information content (AvgIpc) is 3.76. The third-order valence-electron chi connectivity index (χ3n) is 12.6. The van der Waals surface area contributed by atoms with Crippen molar-refractivity contribution in [2.24, 2.45) is 11.3 Å². The van der Waals surface area contributed by atoms with E-state index in [2.05, 4.69) is 50.5 Å². The molecule has 0 bridgehead atoms. The van der Waals surface area contributed by atoms with Gasteiger partial charge >= 0.3 is 0 Å². The first-order valence-electron chi connectivity index (χ1n) is 21.6. The van der Waals surface area contributed by atoms with E-state index in [4.69, 9.17) is 21.1 Å². The SMILES string of the molecule is CC1(C)CCC(CN2CCN(c3ccc(C(=O)NS(=O)(=O)c4cc5c(c([N+](=O)[O-])c4)C[C@@H](Cc4ccc(F)cc4)CO5)c(Oc4cnc5[nH]ccc5c4)c3)CC2)=C(c2ccc(Cl)cc2)C1. The first-order chi connectivity index (χ1) is 31.2. The monoisotopic (exact) mass is 918 g/mol. The molecule has 3 aliphatic rings. The Hall–Kier alpha value is -6.29. The Kier molecular flexibility index (Phi) is 12.1. The number of piperazine rings is 1. The van der Waals surface area contributed by atoms with Crippen LogP contribution in [0.15, 0.2) is 114 Å². The lowest BCUT2D eigenvalue weighted by molar-refractivity contribution is -0.386. The maximum atomic E-state index is 14.1. The van der Waals surface area contributed by atoms with Crippen LogP contribution < -0.4 is 19.1 Å². The number of nitrogens with one attached hydrogen (secondary N) is 2. The highest BCUT2D eigenvalue weighted by Crippen LogP contribution is 2.44. The summed E-state index contributed by atoms with van der Waals surface area (Å²) in [5.41, 5.74) is 6.29. The van der Waals surface area contributed by atoms with Crippen molar-refractivity contribution < 1.29 is 32.0 Å². The maximum Gasteiger partial charge on any atom is 0.277 e. The Morgan fingerprint density at radius 1 is 1.03 bits per heavy atom. The van der Waals surface area contributed by atoms with Gasteiger partial charge in [0.15, 0.2) is 0 Å². The molecule has 1 aliphatic carbocycles. The molecule has 0 spiro atoms. The molecule has 2 aliphatic heterocycles. The fourth-order valence-electron chi connectivity index (χ4n) is 9.11. The van der Waals surface area contributed by atoms with E-state index in [-0.39, 0.29) is 52.8 Å². The zero-order valence-electron chi connectivity index (χ0n) is 36.0. The number of nitro groups is 1. The summed E-state index contributed by atoms with van der Waals surface area (Å²) in [4.78, 5) is 37.4. The lowest BCUT2D eigenvalue weighted by Crippen LogP contribution is -2.47. The first kappa shape index (κ1) is 43.9. The minimum atomic E-state index is -4.67. The first-order valence-corrected chi connectivity index (χ1v) is 23.5. The van der Waals surface area contributed by atoms with Crippen LogP contribution in [0, 0.1) is 27.3 Å². The Morgan fingerprint density at radius 2 is 1.80 bits per heavy atom. The highest BCUT2D eigenvalue weighted by molar-refractivity contribution is 7.90. The molecule has 65 heavy (non-hydrogen) atoms. The molecule has 2 N–H and O–H groups in total. The van der Waals surface area contributed by atoms with Gasteiger partial charge in [0.05, 0.1) is 33.7 Å². The maximum absolute atomic E-state index is 14.1. The van der Waals surface area contributed by atoms with Crippen LogP contribution in [0.2, 0.25) is 5.02 Å². The number of aromatic nitrogens is 2. The fourth-order valence-corrected chi connectivity index (χ4v) is 10.2. The number of amides is 1. The normalized spacial score (nSPS) is 17.7. The predicted molar refractivity (Wildman–Crippen MR) is 248 cm³/mol. The molecule has 336 valence electrons. The molecule has 1 amide bonds. The second-order valence-electron chi connectivity index (χ2n) is 17.9. The van der Waals surface area contributed by atoms with Crippen LogP contribution in [0.4, 0.5) is 15.8 Å². The third kappa shape index (κ3) is 9.87. The van der Waals surface area contributed by atoms with Crippen molar-refractivity contribution in [1.29, 1.82) is 0 Å². The van der Waals surface area contributed by atoms with E-state index in [0.29, 0.717) is 30.9 Å². The van der Waals surface area contributed by atoms with E-state index in [1.54, 1.807) is 36.5 Å². The molecule has 6 aromatic rings. The van der Waals surface area contributed by atoms with Crippen LogP contribution in [0.25, 0.3) is 16.6 Å². The van der Waals surface area contributed by atoms with Crippen LogP contribution in [0.5, 0.6) is 17.2 Å². The topological polar surface area (TPSA) is 160 Å². The lowest BCUT2D eigenvalue weighted by Gasteiger charge is -2.39. The highest BCUT2D eigenvalue weighted by Gasteiger charge is 2.33. The van der Waals surface area contributed by atoms with E-state index >= 15 is 0 Å². The zero-order chi connectivity index (χ0) is 45.5. The lowest BCUT2D eigenvalue weighted by atomic mass is 9.72. The summed E-state index contributed by atoms with van der Waals surface area (Å²) >= 11 is 6.24. The van der Waals surface area contributed by atoms with E-state index in [1.807, 2.05) is 18.2 Å². The number of rotatable bonds is 12. The molecule has 0 saturated carbocycles. The van der Waals surface area contributed by atoms with Gasteiger partial charge in [0.2, 0.25) is 0 Å². The second kappa shape index (κ2) is 17.9. The van der Waals surface area contributed by atoms with Crippen molar-refractivity contribution >= 4 is 55.5 Å². The van der Waals surface area contributed by atoms with Gasteiger partial charge in [-0.3, -0.25) is 19.8 Å². The molecular formula is C49H48ClFN6O7S. The Morgan fingerprint density at radius 3 is 2.55 bits per heavy atom. The van der Waals surface area contributed by atoms with Crippen LogP contribution in [0.3, 0.4) is 0 Å². The van der Waals surface area contributed by atoms with E-state index in [1.165, 1.54) is 47.2 Å². The average molecular weight is 919 g/mol. The number of sulfonamides is 1. The highest BCUT2D eigenvalue weighted by atomic mass is 35.5. The zero-order valence-corrected chi connectivity index (χ0v) is 37.6. The number of allylic oxidation sites excluding steroid dienone is 1. The molecule has 9 rings (SSSR count). The predicted octanol–water partition coefficient (Wildman–Crippen LogP) is 9.75. The van der Waals surface area contributed by atoms with Crippen molar-refractivity contribution in [3.05, 3.63) is 152 Å². The van der Waals surface area contributed by atoms with Crippen molar-refractivity contribution in [2.45, 2.75) is 50.8 Å². The molecule has 4 aromatic carbocycles. The molecule has 1 atom stereocenters. The van der Waals surface area contributed by atoms with Crippen LogP contribution >= 0.6 is 11.6 Å². The molecule has 1 fully saturated rings. The number of aromatic amines is 1. The summed E-state index contributed by atoms with van der Waals surface area (Å²) in [6.07, 6.45) is 7.14. The van der Waals surface area contributed by atoms with E-state index < -0.39 is 31.4 Å². The van der Waals surface area contributed by atoms with Crippen LogP contribution in [-0.4, -0.2) is 73.4 Å². The Labute approximate surface area is 381 Å². The smallest absolute Gasteiger partial charge is 0.277 e. The number of anilines is 1. The largest absolute Gasteiger partial charge is 0.493 e. The van der Waals surface area contributed by atoms with Crippen molar-refractivity contribution in [3.8, 4) is 17.2 Å². The fraction of sp³-hybridized carbons (Fsp3) is 0.306. The summed E-state index contributed by atoms with van der Waals surface area (Å²) in [5.74, 6) is -1.06. The van der Waals surface area contributed by atoms with E-state index in [0.717, 1.165) is 66.6 Å². The Balaban J connectivity index is 0.942. The van der Waals surface area contributed by atoms with Gasteiger partial charge in [-0.25, -0.2) is 22.5 Å². The minimum Gasteiger partial charge on any atom is -0.493 e. The quantitative estimate of drug-likeness (QED) is 0.0894. The molecule has 0 radical (unpaired) electrons. The van der Waals surface area contributed by atoms with Crippen molar-refractivity contribution in [2.75, 3.05) is 44.2 Å². The van der Waals surface area contributed by atoms with Crippen molar-refractivity contribution in [3.63, 3.8) is 0 Å². The van der Waals surface area contributed by atoms with Gasteiger partial charge < -0.3 is 19.4 Å². The number of nitro benzene ring substituents is 1. The van der Waals surface area contributed by atoms with E-state index in [9.17, 15) is 27.7 Å².